The second kappa shape index (κ2) is 5.76. The van der Waals surface area contributed by atoms with Crippen LogP contribution in [0, 0.1) is 5.92 Å². The van der Waals surface area contributed by atoms with E-state index in [0.29, 0.717) is 29.8 Å². The molecule has 1 aliphatic carbocycles. The number of rotatable bonds is 3. The molecule has 1 amide bonds. The molecular weight excluding hydrogens is 298 g/mol. The van der Waals surface area contributed by atoms with Crippen molar-refractivity contribution in [2.45, 2.75) is 38.1 Å². The van der Waals surface area contributed by atoms with Gasteiger partial charge in [0.05, 0.1) is 5.92 Å². The van der Waals surface area contributed by atoms with E-state index in [2.05, 4.69) is 0 Å². The smallest absolute Gasteiger partial charge is 0.316 e. The van der Waals surface area contributed by atoms with Crippen LogP contribution in [0.25, 0.3) is 0 Å². The number of fused-ring (bicyclic) bond motifs is 1. The molecule has 1 saturated carbocycles. The van der Waals surface area contributed by atoms with Crippen molar-refractivity contribution in [2.24, 2.45) is 5.92 Å². The highest BCUT2D eigenvalue weighted by molar-refractivity contribution is 5.87. The van der Waals surface area contributed by atoms with E-state index in [1.54, 1.807) is 18.2 Å². The molecule has 0 bridgehead atoms. The number of benzene rings is 1. The lowest BCUT2D eigenvalue weighted by Crippen LogP contribution is -2.35. The Hall–Kier alpha value is -2.24. The molecule has 0 N–H and O–H groups in total. The maximum atomic E-state index is 12.3. The first kappa shape index (κ1) is 14.4. The van der Waals surface area contributed by atoms with Gasteiger partial charge < -0.3 is 19.1 Å². The van der Waals surface area contributed by atoms with Gasteiger partial charge in [-0.2, -0.15) is 0 Å². The molecular formula is C17H19NO5. The van der Waals surface area contributed by atoms with Gasteiger partial charge in [-0.05, 0) is 25.0 Å². The average Bonchev–Trinajstić information content (AvgIpc) is 3.26. The number of nitrogens with zero attached hydrogens (tertiary/aromatic N) is 1. The number of hydrogen-bond acceptors (Lipinski definition) is 5. The van der Waals surface area contributed by atoms with E-state index in [1.807, 2.05) is 4.90 Å². The van der Waals surface area contributed by atoms with Crippen molar-refractivity contribution in [3.63, 3.8) is 0 Å². The lowest BCUT2D eigenvalue weighted by molar-refractivity contribution is -0.139. The molecule has 23 heavy (non-hydrogen) atoms. The highest BCUT2D eigenvalue weighted by Gasteiger charge is 2.39. The van der Waals surface area contributed by atoms with E-state index in [9.17, 15) is 9.59 Å². The minimum Gasteiger partial charge on any atom is -0.454 e. The summed E-state index contributed by atoms with van der Waals surface area (Å²) in [6, 6.07) is 5.35. The average molecular weight is 317 g/mol. The van der Waals surface area contributed by atoms with Crippen LogP contribution >= 0.6 is 0 Å². The summed E-state index contributed by atoms with van der Waals surface area (Å²) in [7, 11) is 0. The van der Waals surface area contributed by atoms with Crippen molar-refractivity contribution in [3.05, 3.63) is 18.2 Å². The van der Waals surface area contributed by atoms with Crippen LogP contribution in [-0.2, 0) is 9.59 Å². The van der Waals surface area contributed by atoms with Crippen molar-refractivity contribution < 1.29 is 23.8 Å². The summed E-state index contributed by atoms with van der Waals surface area (Å²) < 4.78 is 15.9. The predicted octanol–water partition coefficient (Wildman–Crippen LogP) is 2.11. The van der Waals surface area contributed by atoms with Crippen molar-refractivity contribution in [1.82, 2.24) is 4.90 Å². The molecule has 0 radical (unpaired) electrons. The molecule has 122 valence electrons. The van der Waals surface area contributed by atoms with Gasteiger partial charge in [-0.1, -0.05) is 12.8 Å². The minimum atomic E-state index is -0.381. The fourth-order valence-corrected chi connectivity index (χ4v) is 3.60. The summed E-state index contributed by atoms with van der Waals surface area (Å²) >= 11 is 0. The zero-order valence-electron chi connectivity index (χ0n) is 12.8. The van der Waals surface area contributed by atoms with E-state index in [0.717, 1.165) is 12.8 Å². The Kier molecular flexibility index (Phi) is 3.59. The number of esters is 1. The van der Waals surface area contributed by atoms with Crippen LogP contribution in [0.15, 0.2) is 18.2 Å². The molecule has 4 rings (SSSR count). The molecule has 6 nitrogen and oxygen atoms in total. The summed E-state index contributed by atoms with van der Waals surface area (Å²) in [5, 5.41) is 0. The number of carbonyl (C=O) groups excluding carboxylic acids is 2. The SMILES string of the molecule is O=C(Oc1ccc2c(c1)OCO2)[C@@H]1CC(=O)N(C2CCCC2)C1. The normalized spacial score (nSPS) is 23.6. The van der Waals surface area contributed by atoms with Crippen LogP contribution < -0.4 is 14.2 Å². The lowest BCUT2D eigenvalue weighted by atomic mass is 10.1. The topological polar surface area (TPSA) is 65.1 Å². The Labute approximate surface area is 134 Å². The van der Waals surface area contributed by atoms with Gasteiger partial charge in [0.25, 0.3) is 0 Å². The van der Waals surface area contributed by atoms with E-state index in [-0.39, 0.29) is 31.0 Å². The summed E-state index contributed by atoms with van der Waals surface area (Å²) in [5.41, 5.74) is 0. The van der Waals surface area contributed by atoms with Crippen LogP contribution in [-0.4, -0.2) is 36.2 Å². The number of hydrogen-bond donors (Lipinski definition) is 0. The standard InChI is InChI=1S/C17H19NO5/c19-16-7-11(9-18(16)12-3-1-2-4-12)17(20)23-13-5-6-14-15(8-13)22-10-21-14/h5-6,8,11-12H,1-4,7,9-10H2/t11-/m1/s1. The van der Waals surface area contributed by atoms with Gasteiger partial charge in [-0.3, -0.25) is 9.59 Å². The largest absolute Gasteiger partial charge is 0.454 e. The highest BCUT2D eigenvalue weighted by Crippen LogP contribution is 2.36. The van der Waals surface area contributed by atoms with Crippen molar-refractivity contribution >= 4 is 11.9 Å². The lowest BCUT2D eigenvalue weighted by Gasteiger charge is -2.23. The van der Waals surface area contributed by atoms with E-state index >= 15 is 0 Å². The summed E-state index contributed by atoms with van der Waals surface area (Å²) in [6.45, 7) is 0.660. The Morgan fingerprint density at radius 3 is 2.78 bits per heavy atom. The quantitative estimate of drug-likeness (QED) is 0.631. The van der Waals surface area contributed by atoms with E-state index in [1.165, 1.54) is 12.8 Å². The molecule has 0 unspecified atom stereocenters. The van der Waals surface area contributed by atoms with Crippen molar-refractivity contribution in [2.75, 3.05) is 13.3 Å². The number of ether oxygens (including phenoxy) is 3. The van der Waals surface area contributed by atoms with Gasteiger partial charge in [-0.15, -0.1) is 0 Å². The second-order valence-electron chi connectivity index (χ2n) is 6.32. The Bertz CT molecular complexity index is 638. The van der Waals surface area contributed by atoms with E-state index in [4.69, 9.17) is 14.2 Å². The van der Waals surface area contributed by atoms with Gasteiger partial charge in [0.15, 0.2) is 11.5 Å². The third kappa shape index (κ3) is 2.73. The number of carbonyl (C=O) groups is 2. The molecule has 0 spiro atoms. The van der Waals surface area contributed by atoms with Gasteiger partial charge in [0.2, 0.25) is 12.7 Å². The van der Waals surface area contributed by atoms with Crippen molar-refractivity contribution in [1.29, 1.82) is 0 Å². The van der Waals surface area contributed by atoms with Crippen LogP contribution in [0.4, 0.5) is 0 Å². The Balaban J connectivity index is 1.40. The maximum absolute atomic E-state index is 12.3. The third-order valence-corrected chi connectivity index (χ3v) is 4.82. The van der Waals surface area contributed by atoms with Crippen molar-refractivity contribution in [3.8, 4) is 17.2 Å². The van der Waals surface area contributed by atoms with Gasteiger partial charge in [-0.25, -0.2) is 0 Å². The van der Waals surface area contributed by atoms with Gasteiger partial charge in [0.1, 0.15) is 5.75 Å². The molecule has 1 aromatic rings. The highest BCUT2D eigenvalue weighted by atomic mass is 16.7. The summed E-state index contributed by atoms with van der Waals surface area (Å²) in [5.74, 6) is 0.986. The molecule has 0 aromatic heterocycles. The fourth-order valence-electron chi connectivity index (χ4n) is 3.60. The first-order valence-electron chi connectivity index (χ1n) is 8.11. The van der Waals surface area contributed by atoms with Crippen LogP contribution in [0.5, 0.6) is 17.2 Å². The molecule has 2 heterocycles. The number of likely N-dealkylation sites (tertiary alicyclic amines) is 1. The second-order valence-corrected chi connectivity index (χ2v) is 6.32. The van der Waals surface area contributed by atoms with Crippen LogP contribution in [0.3, 0.4) is 0 Å². The molecule has 1 saturated heterocycles. The van der Waals surface area contributed by atoms with Gasteiger partial charge in [0, 0.05) is 25.1 Å². The number of amides is 1. The van der Waals surface area contributed by atoms with Crippen LogP contribution in [0.2, 0.25) is 0 Å². The molecule has 1 aromatic carbocycles. The zero-order chi connectivity index (χ0) is 15.8. The molecule has 2 fully saturated rings. The molecule has 6 heteroatoms. The first-order chi connectivity index (χ1) is 11.2. The predicted molar refractivity (Wildman–Crippen MR) is 80.3 cm³/mol. The van der Waals surface area contributed by atoms with Gasteiger partial charge >= 0.3 is 5.97 Å². The maximum Gasteiger partial charge on any atom is 0.316 e. The molecule has 3 aliphatic rings. The summed E-state index contributed by atoms with van der Waals surface area (Å²) in [4.78, 5) is 26.4. The Morgan fingerprint density at radius 2 is 1.96 bits per heavy atom. The van der Waals surface area contributed by atoms with Crippen LogP contribution in [0.1, 0.15) is 32.1 Å². The first-order valence-corrected chi connectivity index (χ1v) is 8.11. The summed E-state index contributed by atoms with van der Waals surface area (Å²) in [6.07, 6.45) is 4.69. The van der Waals surface area contributed by atoms with E-state index < -0.39 is 0 Å². The Morgan fingerprint density at radius 1 is 1.17 bits per heavy atom. The molecule has 2 aliphatic heterocycles. The fraction of sp³-hybridized carbons (Fsp3) is 0.529. The minimum absolute atomic E-state index is 0.0736. The third-order valence-electron chi connectivity index (χ3n) is 4.82. The zero-order valence-corrected chi connectivity index (χ0v) is 12.8. The monoisotopic (exact) mass is 317 g/mol. The molecule has 1 atom stereocenters.